The molecule has 1 aromatic rings. The van der Waals surface area contributed by atoms with Crippen molar-refractivity contribution in [3.05, 3.63) is 29.8 Å². The highest BCUT2D eigenvalue weighted by atomic mass is 16.5. The van der Waals surface area contributed by atoms with Gasteiger partial charge in [-0.25, -0.2) is 0 Å². The minimum absolute atomic E-state index is 0.0207. The third-order valence-electron chi connectivity index (χ3n) is 3.84. The van der Waals surface area contributed by atoms with Crippen molar-refractivity contribution in [3.63, 3.8) is 0 Å². The number of para-hydroxylation sites is 1. The van der Waals surface area contributed by atoms with Crippen LogP contribution in [0.2, 0.25) is 0 Å². The summed E-state index contributed by atoms with van der Waals surface area (Å²) < 4.78 is 5.58. The maximum absolute atomic E-state index is 11.5. The van der Waals surface area contributed by atoms with E-state index in [0.29, 0.717) is 23.9 Å². The summed E-state index contributed by atoms with van der Waals surface area (Å²) in [6.45, 7) is 2.41. The zero-order valence-electron chi connectivity index (χ0n) is 12.0. The molecule has 0 bridgehead atoms. The molecule has 1 fully saturated rings. The number of rotatable bonds is 7. The molecule has 0 spiro atoms. The number of quaternary nitrogens is 1. The molecule has 3 N–H and O–H groups in total. The smallest absolute Gasteiger partial charge is 0.163 e. The minimum Gasteiger partial charge on any atom is -0.490 e. The highest BCUT2D eigenvalue weighted by Crippen LogP contribution is 2.18. The van der Waals surface area contributed by atoms with Crippen molar-refractivity contribution in [2.24, 2.45) is 0 Å². The van der Waals surface area contributed by atoms with E-state index in [1.54, 1.807) is 12.1 Å². The largest absolute Gasteiger partial charge is 0.490 e. The summed E-state index contributed by atoms with van der Waals surface area (Å²) in [4.78, 5) is 11.5. The first-order valence-electron chi connectivity index (χ1n) is 7.41. The van der Waals surface area contributed by atoms with E-state index in [1.165, 1.54) is 32.6 Å². The van der Waals surface area contributed by atoms with Crippen LogP contribution in [-0.4, -0.2) is 36.2 Å². The molecule has 0 heterocycles. The van der Waals surface area contributed by atoms with Crippen molar-refractivity contribution in [1.29, 1.82) is 0 Å². The van der Waals surface area contributed by atoms with E-state index < -0.39 is 6.10 Å². The number of benzene rings is 1. The van der Waals surface area contributed by atoms with Crippen LogP contribution in [-0.2, 0) is 0 Å². The molecule has 0 aromatic heterocycles. The van der Waals surface area contributed by atoms with Gasteiger partial charge in [-0.1, -0.05) is 12.1 Å². The molecule has 1 aliphatic rings. The van der Waals surface area contributed by atoms with E-state index >= 15 is 0 Å². The second-order valence-electron chi connectivity index (χ2n) is 5.53. The summed E-state index contributed by atoms with van der Waals surface area (Å²) in [6.07, 6.45) is 4.61. The molecular formula is C16H24NO3+. The van der Waals surface area contributed by atoms with Crippen LogP contribution < -0.4 is 10.1 Å². The van der Waals surface area contributed by atoms with Crippen molar-refractivity contribution in [3.8, 4) is 5.75 Å². The van der Waals surface area contributed by atoms with Crippen LogP contribution in [0.4, 0.5) is 0 Å². The summed E-state index contributed by atoms with van der Waals surface area (Å²) in [5.41, 5.74) is 0.569. The summed E-state index contributed by atoms with van der Waals surface area (Å²) in [7, 11) is 0. The van der Waals surface area contributed by atoms with E-state index in [4.69, 9.17) is 4.74 Å². The van der Waals surface area contributed by atoms with Gasteiger partial charge in [0.05, 0.1) is 11.6 Å². The Labute approximate surface area is 120 Å². The Morgan fingerprint density at radius 2 is 2.10 bits per heavy atom. The van der Waals surface area contributed by atoms with Gasteiger partial charge in [-0.05, 0) is 44.7 Å². The lowest BCUT2D eigenvalue weighted by Gasteiger charge is -2.15. The number of ether oxygens (including phenoxy) is 1. The number of carbonyl (C=O) groups is 1. The van der Waals surface area contributed by atoms with Crippen LogP contribution in [0.25, 0.3) is 0 Å². The number of aliphatic hydroxyl groups excluding tert-OH is 1. The van der Waals surface area contributed by atoms with Crippen LogP contribution in [0, 0.1) is 0 Å². The van der Waals surface area contributed by atoms with E-state index in [1.807, 2.05) is 12.1 Å². The fraction of sp³-hybridized carbons (Fsp3) is 0.562. The molecule has 4 nitrogen and oxygen atoms in total. The van der Waals surface area contributed by atoms with Crippen LogP contribution in [0.3, 0.4) is 0 Å². The Kier molecular flexibility index (Phi) is 5.56. The Morgan fingerprint density at radius 1 is 1.40 bits per heavy atom. The number of carbonyl (C=O) groups excluding carboxylic acids is 1. The summed E-state index contributed by atoms with van der Waals surface area (Å²) >= 11 is 0. The molecule has 0 unspecified atom stereocenters. The topological polar surface area (TPSA) is 63.1 Å². The number of aliphatic hydroxyl groups is 1. The molecule has 20 heavy (non-hydrogen) atoms. The first-order chi connectivity index (χ1) is 9.66. The average molecular weight is 278 g/mol. The second kappa shape index (κ2) is 7.41. The molecule has 1 aliphatic carbocycles. The second-order valence-corrected chi connectivity index (χ2v) is 5.53. The fourth-order valence-electron chi connectivity index (χ4n) is 2.68. The van der Waals surface area contributed by atoms with Crippen molar-refractivity contribution in [1.82, 2.24) is 0 Å². The van der Waals surface area contributed by atoms with Gasteiger partial charge in [0.2, 0.25) is 0 Å². The Bertz CT molecular complexity index is 441. The number of hydrogen-bond acceptors (Lipinski definition) is 3. The first-order valence-corrected chi connectivity index (χ1v) is 7.41. The SMILES string of the molecule is CC(=O)c1ccccc1OC[C@@H](O)C[NH2+]C1CCCC1. The highest BCUT2D eigenvalue weighted by molar-refractivity contribution is 5.96. The van der Waals surface area contributed by atoms with Crippen LogP contribution >= 0.6 is 0 Å². The molecule has 0 aliphatic heterocycles. The third kappa shape index (κ3) is 4.32. The zero-order valence-corrected chi connectivity index (χ0v) is 12.0. The quantitative estimate of drug-likeness (QED) is 0.735. The molecular weight excluding hydrogens is 254 g/mol. The van der Waals surface area contributed by atoms with Crippen molar-refractivity contribution in [2.45, 2.75) is 44.8 Å². The van der Waals surface area contributed by atoms with Gasteiger partial charge in [-0.2, -0.15) is 0 Å². The van der Waals surface area contributed by atoms with Gasteiger partial charge in [-0.15, -0.1) is 0 Å². The lowest BCUT2D eigenvalue weighted by Crippen LogP contribution is -2.91. The summed E-state index contributed by atoms with van der Waals surface area (Å²) in [6, 6.07) is 7.82. The summed E-state index contributed by atoms with van der Waals surface area (Å²) in [5, 5.41) is 12.2. The molecule has 4 heteroatoms. The predicted octanol–water partition coefficient (Wildman–Crippen LogP) is 1.13. The van der Waals surface area contributed by atoms with Gasteiger partial charge in [-0.3, -0.25) is 4.79 Å². The zero-order chi connectivity index (χ0) is 14.4. The Hall–Kier alpha value is -1.39. The number of ketones is 1. The van der Waals surface area contributed by atoms with Gasteiger partial charge in [0.1, 0.15) is 25.0 Å². The molecule has 2 rings (SSSR count). The lowest BCUT2D eigenvalue weighted by molar-refractivity contribution is -0.693. The van der Waals surface area contributed by atoms with Gasteiger partial charge in [0.25, 0.3) is 0 Å². The van der Waals surface area contributed by atoms with Crippen LogP contribution in [0.1, 0.15) is 43.0 Å². The van der Waals surface area contributed by atoms with Crippen molar-refractivity contribution in [2.75, 3.05) is 13.2 Å². The first kappa shape index (κ1) is 15.0. The van der Waals surface area contributed by atoms with Crippen molar-refractivity contribution < 1.29 is 20.0 Å². The third-order valence-corrected chi connectivity index (χ3v) is 3.84. The number of nitrogens with two attached hydrogens (primary N) is 1. The van der Waals surface area contributed by atoms with E-state index in [0.717, 1.165) is 0 Å². The molecule has 0 radical (unpaired) electrons. The fourth-order valence-corrected chi connectivity index (χ4v) is 2.68. The van der Waals surface area contributed by atoms with E-state index in [-0.39, 0.29) is 12.4 Å². The standard InChI is InChI=1S/C16H23NO3/c1-12(18)15-8-4-5-9-16(15)20-11-14(19)10-17-13-6-2-3-7-13/h4-5,8-9,13-14,17,19H,2-3,6-7,10-11H2,1H3/p+1/t14-/m0/s1. The van der Waals surface area contributed by atoms with E-state index in [2.05, 4.69) is 5.32 Å². The normalized spacial score (nSPS) is 17.1. The molecule has 0 amide bonds. The van der Waals surface area contributed by atoms with Gasteiger partial charge in [0, 0.05) is 0 Å². The molecule has 1 aromatic carbocycles. The van der Waals surface area contributed by atoms with E-state index in [9.17, 15) is 9.90 Å². The summed E-state index contributed by atoms with van der Waals surface area (Å²) in [5.74, 6) is 0.535. The predicted molar refractivity (Wildman–Crippen MR) is 77.0 cm³/mol. The molecule has 0 saturated heterocycles. The Balaban J connectivity index is 1.77. The molecule has 1 saturated carbocycles. The number of Topliss-reactive ketones (excluding diaryl/α,β-unsaturated/α-hetero) is 1. The van der Waals surface area contributed by atoms with Gasteiger partial charge in [0.15, 0.2) is 5.78 Å². The minimum atomic E-state index is -0.504. The Morgan fingerprint density at radius 3 is 2.80 bits per heavy atom. The van der Waals surface area contributed by atoms with Crippen LogP contribution in [0.15, 0.2) is 24.3 Å². The number of hydrogen-bond donors (Lipinski definition) is 2. The van der Waals surface area contributed by atoms with Gasteiger partial charge < -0.3 is 15.2 Å². The average Bonchev–Trinajstić information content (AvgIpc) is 2.96. The molecule has 1 atom stereocenters. The van der Waals surface area contributed by atoms with Gasteiger partial charge >= 0.3 is 0 Å². The lowest BCUT2D eigenvalue weighted by atomic mass is 10.1. The monoisotopic (exact) mass is 278 g/mol. The maximum Gasteiger partial charge on any atom is 0.163 e. The molecule has 110 valence electrons. The van der Waals surface area contributed by atoms with Crippen molar-refractivity contribution >= 4 is 5.78 Å². The van der Waals surface area contributed by atoms with Crippen LogP contribution in [0.5, 0.6) is 5.75 Å². The maximum atomic E-state index is 11.5. The highest BCUT2D eigenvalue weighted by Gasteiger charge is 2.19.